The molecule has 0 unspecified atom stereocenters. The molecule has 14 heavy (non-hydrogen) atoms. The highest BCUT2D eigenvalue weighted by Crippen LogP contribution is 2.05. The van der Waals surface area contributed by atoms with Crippen LogP contribution in [-0.4, -0.2) is 16.1 Å². The lowest BCUT2D eigenvalue weighted by Gasteiger charge is -1.95. The van der Waals surface area contributed by atoms with Crippen molar-refractivity contribution in [3.05, 3.63) is 30.6 Å². The number of hydrogen-bond donors (Lipinski definition) is 2. The number of halogens is 1. The number of carboxylic acid groups (broad SMARTS) is 1. The van der Waals surface area contributed by atoms with Crippen LogP contribution in [0.4, 0.5) is 0 Å². The first-order chi connectivity index (χ1) is 6.27. The number of nitrogens with zero attached hydrogens (tertiary/aromatic N) is 1. The van der Waals surface area contributed by atoms with Gasteiger partial charge in [0.2, 0.25) is 0 Å². The van der Waals surface area contributed by atoms with Crippen LogP contribution < -0.4 is 17.0 Å². The summed E-state index contributed by atoms with van der Waals surface area (Å²) in [6.45, 7) is -0.0160. The van der Waals surface area contributed by atoms with E-state index in [1.165, 1.54) is 0 Å². The summed E-state index contributed by atoms with van der Waals surface area (Å²) in [6.07, 6.45) is 3.54. The fourth-order valence-corrected chi connectivity index (χ4v) is 1.36. The zero-order valence-corrected chi connectivity index (χ0v) is 8.03. The maximum atomic E-state index is 10.5. The summed E-state index contributed by atoms with van der Waals surface area (Å²) in [6, 6.07) is 5.68. The normalized spacial score (nSPS) is 9.71. The van der Waals surface area contributed by atoms with Gasteiger partial charge in [-0.25, -0.2) is 14.3 Å². The summed E-state index contributed by atoms with van der Waals surface area (Å²) in [5.74, 6) is -0.841. The van der Waals surface area contributed by atoms with Crippen LogP contribution in [0.5, 0.6) is 0 Å². The minimum Gasteiger partial charge on any atom is -1.00 e. The summed E-state index contributed by atoms with van der Waals surface area (Å²) < 4.78 is 1.66. The molecule has 0 aromatic carbocycles. The summed E-state index contributed by atoms with van der Waals surface area (Å²) in [5, 5.41) is 9.65. The molecule has 0 aliphatic heterocycles. The van der Waals surface area contributed by atoms with Gasteiger partial charge < -0.3 is 17.5 Å². The van der Waals surface area contributed by atoms with E-state index in [0.29, 0.717) is 0 Å². The molecule has 2 rings (SSSR count). The molecule has 4 nitrogen and oxygen atoms in total. The van der Waals surface area contributed by atoms with Crippen molar-refractivity contribution in [1.82, 2.24) is 4.98 Å². The summed E-state index contributed by atoms with van der Waals surface area (Å²) >= 11 is 0. The number of rotatable bonds is 2. The zero-order chi connectivity index (χ0) is 9.26. The van der Waals surface area contributed by atoms with E-state index in [4.69, 9.17) is 5.11 Å². The molecule has 0 aliphatic carbocycles. The number of pyridine rings is 1. The fraction of sp³-hybridized carbons (Fsp3) is 0.111. The number of aromatic amines is 1. The Morgan fingerprint density at radius 1 is 1.50 bits per heavy atom. The van der Waals surface area contributed by atoms with Gasteiger partial charge in [0.1, 0.15) is 0 Å². The Balaban J connectivity index is 0.000000980. The lowest BCUT2D eigenvalue weighted by atomic mass is 10.3. The van der Waals surface area contributed by atoms with E-state index in [1.54, 1.807) is 17.0 Å². The van der Waals surface area contributed by atoms with Crippen LogP contribution in [-0.2, 0) is 11.3 Å². The number of carbonyl (C=O) groups is 1. The highest BCUT2D eigenvalue weighted by atomic mass is 35.5. The molecule has 0 bridgehead atoms. The van der Waals surface area contributed by atoms with Gasteiger partial charge in [0.25, 0.3) is 5.65 Å². The Labute approximate surface area is 86.6 Å². The van der Waals surface area contributed by atoms with E-state index in [-0.39, 0.29) is 19.0 Å². The number of fused-ring (bicyclic) bond motifs is 1. The smallest absolute Gasteiger partial charge is 0.346 e. The first kappa shape index (κ1) is 10.5. The maximum absolute atomic E-state index is 10.5. The topological polar surface area (TPSA) is 57.0 Å². The highest BCUT2D eigenvalue weighted by Gasteiger charge is 2.09. The first-order valence-corrected chi connectivity index (χ1v) is 3.95. The molecule has 0 amide bonds. The third-order valence-electron chi connectivity index (χ3n) is 1.89. The average molecular weight is 213 g/mol. The minimum atomic E-state index is -0.841. The standard InChI is InChI=1S/C9H8N2O2.ClH/c12-8(13)6-11-5-1-2-7-3-4-10-9(7)11;/h1-5H,6H2,(H,12,13);1H. The Morgan fingerprint density at radius 3 is 3.00 bits per heavy atom. The van der Waals surface area contributed by atoms with Crippen molar-refractivity contribution in [2.45, 2.75) is 6.54 Å². The quantitative estimate of drug-likeness (QED) is 0.543. The highest BCUT2D eigenvalue weighted by molar-refractivity contribution is 5.72. The van der Waals surface area contributed by atoms with Gasteiger partial charge >= 0.3 is 5.97 Å². The fourth-order valence-electron chi connectivity index (χ4n) is 1.36. The van der Waals surface area contributed by atoms with E-state index in [0.717, 1.165) is 11.0 Å². The first-order valence-electron chi connectivity index (χ1n) is 3.95. The van der Waals surface area contributed by atoms with Crippen molar-refractivity contribution in [3.63, 3.8) is 0 Å². The van der Waals surface area contributed by atoms with Gasteiger partial charge in [-0.3, -0.25) is 0 Å². The number of aliphatic carboxylic acids is 1. The van der Waals surface area contributed by atoms with E-state index < -0.39 is 5.97 Å². The molecule has 0 aliphatic rings. The molecular formula is C9H9ClN2O2. The molecule has 0 saturated heterocycles. The molecule has 0 saturated carbocycles. The molecule has 0 fully saturated rings. The Bertz CT molecular complexity index is 453. The zero-order valence-electron chi connectivity index (χ0n) is 7.27. The molecule has 2 aromatic heterocycles. The number of nitrogens with one attached hydrogen (secondary N) is 1. The van der Waals surface area contributed by atoms with Crippen molar-refractivity contribution in [2.75, 3.05) is 0 Å². The summed E-state index contributed by atoms with van der Waals surface area (Å²) in [7, 11) is 0. The molecule has 74 valence electrons. The number of hydrogen-bond acceptors (Lipinski definition) is 1. The van der Waals surface area contributed by atoms with E-state index >= 15 is 0 Å². The van der Waals surface area contributed by atoms with Gasteiger partial charge in [0.05, 0.1) is 17.8 Å². The van der Waals surface area contributed by atoms with Gasteiger partial charge in [-0.1, -0.05) is 0 Å². The van der Waals surface area contributed by atoms with E-state index in [9.17, 15) is 4.79 Å². The Kier molecular flexibility index (Phi) is 3.09. The minimum absolute atomic E-state index is 0. The van der Waals surface area contributed by atoms with Crippen molar-refractivity contribution in [3.8, 4) is 0 Å². The number of H-pyrrole nitrogens is 1. The predicted octanol–water partition coefficient (Wildman–Crippen LogP) is -2.46. The van der Waals surface area contributed by atoms with Crippen LogP contribution in [0.3, 0.4) is 0 Å². The predicted molar refractivity (Wildman–Crippen MR) is 46.1 cm³/mol. The molecule has 0 atom stereocenters. The van der Waals surface area contributed by atoms with Crippen LogP contribution in [0.1, 0.15) is 0 Å². The van der Waals surface area contributed by atoms with Crippen molar-refractivity contribution in [2.24, 2.45) is 0 Å². The lowest BCUT2D eigenvalue weighted by molar-refractivity contribution is -0.661. The third kappa shape index (κ3) is 1.85. The van der Waals surface area contributed by atoms with Crippen molar-refractivity contribution in [1.29, 1.82) is 0 Å². The second-order valence-corrected chi connectivity index (χ2v) is 2.81. The molecule has 2 heterocycles. The summed E-state index contributed by atoms with van der Waals surface area (Å²) in [4.78, 5) is 13.5. The second kappa shape index (κ2) is 4.11. The van der Waals surface area contributed by atoms with Crippen LogP contribution in [0.2, 0.25) is 0 Å². The molecule has 0 spiro atoms. The Morgan fingerprint density at radius 2 is 2.29 bits per heavy atom. The number of aromatic nitrogens is 2. The number of carboxylic acids is 1. The average Bonchev–Trinajstić information content (AvgIpc) is 2.51. The van der Waals surface area contributed by atoms with Crippen LogP contribution in [0.25, 0.3) is 11.0 Å². The SMILES string of the molecule is O=C(O)C[n+]1cccc2cc[nH]c21.[Cl-]. The second-order valence-electron chi connectivity index (χ2n) is 2.81. The van der Waals surface area contributed by atoms with Crippen molar-refractivity contribution >= 4 is 17.0 Å². The van der Waals surface area contributed by atoms with Crippen LogP contribution >= 0.6 is 0 Å². The largest absolute Gasteiger partial charge is 1.00 e. The van der Waals surface area contributed by atoms with Gasteiger partial charge in [-0.2, -0.15) is 0 Å². The summed E-state index contributed by atoms with van der Waals surface area (Å²) in [5.41, 5.74) is 0.838. The monoisotopic (exact) mass is 212 g/mol. The van der Waals surface area contributed by atoms with E-state index in [1.807, 2.05) is 18.2 Å². The Hall–Kier alpha value is -1.55. The molecule has 5 heteroatoms. The van der Waals surface area contributed by atoms with Crippen LogP contribution in [0.15, 0.2) is 30.6 Å². The van der Waals surface area contributed by atoms with Gasteiger partial charge in [0, 0.05) is 0 Å². The van der Waals surface area contributed by atoms with E-state index in [2.05, 4.69) is 4.98 Å². The lowest BCUT2D eigenvalue weighted by Crippen LogP contribution is -3.00. The van der Waals surface area contributed by atoms with Gasteiger partial charge in [0.15, 0.2) is 6.54 Å². The van der Waals surface area contributed by atoms with Gasteiger partial charge in [-0.15, -0.1) is 0 Å². The molecule has 2 aromatic rings. The van der Waals surface area contributed by atoms with Gasteiger partial charge in [-0.05, 0) is 18.2 Å². The molecular weight excluding hydrogens is 204 g/mol. The van der Waals surface area contributed by atoms with Crippen molar-refractivity contribution < 1.29 is 26.9 Å². The third-order valence-corrected chi connectivity index (χ3v) is 1.89. The molecule has 2 N–H and O–H groups in total. The van der Waals surface area contributed by atoms with Crippen LogP contribution in [0, 0.1) is 0 Å². The maximum Gasteiger partial charge on any atom is 0.346 e. The molecule has 0 radical (unpaired) electrons.